The van der Waals surface area contributed by atoms with Crippen molar-refractivity contribution in [1.82, 2.24) is 5.32 Å². The highest BCUT2D eigenvalue weighted by Gasteiger charge is 2.32. The molecular formula is C20H18F3NO2. The Hall–Kier alpha value is -2.94. The van der Waals surface area contributed by atoms with Crippen LogP contribution in [0.5, 0.6) is 0 Å². The third-order valence-electron chi connectivity index (χ3n) is 3.59. The van der Waals surface area contributed by atoms with Gasteiger partial charge in [-0.1, -0.05) is 48.2 Å². The van der Waals surface area contributed by atoms with Gasteiger partial charge in [-0.25, -0.2) is 4.79 Å². The molecule has 0 bridgehead atoms. The van der Waals surface area contributed by atoms with E-state index < -0.39 is 17.8 Å². The number of benzene rings is 2. The Morgan fingerprint density at radius 1 is 1.12 bits per heavy atom. The number of halogens is 3. The molecule has 3 nitrogen and oxygen atoms in total. The van der Waals surface area contributed by atoms with Crippen molar-refractivity contribution in [2.24, 2.45) is 0 Å². The highest BCUT2D eigenvalue weighted by Crippen LogP contribution is 2.32. The van der Waals surface area contributed by atoms with E-state index in [-0.39, 0.29) is 18.7 Å². The Morgan fingerprint density at radius 3 is 2.54 bits per heavy atom. The standard InChI is InChI=1S/C20H18F3NO2/c1-15-17(11-7-12-18(15)20(21,22)23)10-5-6-13-24-19(25)26-14-16-8-3-2-4-9-16/h2-4,7-9,11-12H,6,13-14H2,1H3,(H,24,25). The zero-order chi connectivity index (χ0) is 19.0. The Balaban J connectivity index is 1.79. The lowest BCUT2D eigenvalue weighted by atomic mass is 10.0. The van der Waals surface area contributed by atoms with Gasteiger partial charge in [0.25, 0.3) is 0 Å². The summed E-state index contributed by atoms with van der Waals surface area (Å²) in [4.78, 5) is 11.6. The van der Waals surface area contributed by atoms with Gasteiger partial charge < -0.3 is 10.1 Å². The molecule has 0 aliphatic carbocycles. The zero-order valence-electron chi connectivity index (χ0n) is 14.2. The fourth-order valence-corrected chi connectivity index (χ4v) is 2.24. The third-order valence-corrected chi connectivity index (χ3v) is 3.59. The Morgan fingerprint density at radius 2 is 1.85 bits per heavy atom. The minimum Gasteiger partial charge on any atom is -0.445 e. The molecular weight excluding hydrogens is 343 g/mol. The van der Waals surface area contributed by atoms with Crippen LogP contribution in [0.15, 0.2) is 48.5 Å². The quantitative estimate of drug-likeness (QED) is 0.634. The fourth-order valence-electron chi connectivity index (χ4n) is 2.24. The Bertz CT molecular complexity index is 805. The minimum absolute atomic E-state index is 0.0998. The van der Waals surface area contributed by atoms with Crippen molar-refractivity contribution in [2.45, 2.75) is 26.1 Å². The summed E-state index contributed by atoms with van der Waals surface area (Å²) in [7, 11) is 0. The molecule has 2 rings (SSSR count). The van der Waals surface area contributed by atoms with Crippen LogP contribution in [0.4, 0.5) is 18.0 Å². The van der Waals surface area contributed by atoms with Crippen molar-refractivity contribution in [3.63, 3.8) is 0 Å². The number of alkyl carbamates (subject to hydrolysis) is 1. The summed E-state index contributed by atoms with van der Waals surface area (Å²) in [5, 5.41) is 2.55. The van der Waals surface area contributed by atoms with Gasteiger partial charge in [0.1, 0.15) is 6.61 Å². The molecule has 0 fully saturated rings. The van der Waals surface area contributed by atoms with E-state index in [0.29, 0.717) is 12.0 Å². The first-order chi connectivity index (χ1) is 12.4. The lowest BCUT2D eigenvalue weighted by molar-refractivity contribution is -0.138. The van der Waals surface area contributed by atoms with Gasteiger partial charge in [-0.3, -0.25) is 0 Å². The van der Waals surface area contributed by atoms with Crippen LogP contribution >= 0.6 is 0 Å². The van der Waals surface area contributed by atoms with Crippen molar-refractivity contribution in [3.8, 4) is 11.8 Å². The smallest absolute Gasteiger partial charge is 0.416 e. The molecule has 6 heteroatoms. The van der Waals surface area contributed by atoms with Crippen molar-refractivity contribution in [3.05, 3.63) is 70.8 Å². The van der Waals surface area contributed by atoms with E-state index >= 15 is 0 Å². The van der Waals surface area contributed by atoms with Gasteiger partial charge in [0, 0.05) is 18.5 Å². The number of carbonyl (C=O) groups is 1. The molecule has 0 radical (unpaired) electrons. The maximum absolute atomic E-state index is 12.8. The van der Waals surface area contributed by atoms with Gasteiger partial charge in [0.2, 0.25) is 0 Å². The summed E-state index contributed by atoms with van der Waals surface area (Å²) in [6.07, 6.45) is -4.66. The van der Waals surface area contributed by atoms with Crippen LogP contribution in [0.25, 0.3) is 0 Å². The molecule has 0 saturated carbocycles. The van der Waals surface area contributed by atoms with Crippen molar-refractivity contribution >= 4 is 6.09 Å². The van der Waals surface area contributed by atoms with Gasteiger partial charge >= 0.3 is 12.3 Å². The van der Waals surface area contributed by atoms with Gasteiger partial charge in [0.05, 0.1) is 5.56 Å². The molecule has 136 valence electrons. The number of nitrogens with one attached hydrogen (secondary N) is 1. The summed E-state index contributed by atoms with van der Waals surface area (Å²) in [5.74, 6) is 5.48. The largest absolute Gasteiger partial charge is 0.445 e. The second-order valence-electron chi connectivity index (χ2n) is 5.52. The van der Waals surface area contributed by atoms with E-state index in [1.165, 1.54) is 13.0 Å². The third kappa shape index (κ3) is 5.85. The molecule has 0 heterocycles. The normalized spacial score (nSPS) is 10.6. The summed E-state index contributed by atoms with van der Waals surface area (Å²) in [6.45, 7) is 1.81. The molecule has 0 spiro atoms. The minimum atomic E-state index is -4.40. The van der Waals surface area contributed by atoms with E-state index in [1.807, 2.05) is 30.3 Å². The molecule has 1 amide bonds. The van der Waals surface area contributed by atoms with Gasteiger partial charge in [-0.05, 0) is 30.2 Å². The van der Waals surface area contributed by atoms with Crippen LogP contribution in [0.3, 0.4) is 0 Å². The van der Waals surface area contributed by atoms with Crippen LogP contribution in [-0.4, -0.2) is 12.6 Å². The predicted molar refractivity (Wildman–Crippen MR) is 92.3 cm³/mol. The van der Waals surface area contributed by atoms with Crippen LogP contribution < -0.4 is 5.32 Å². The lowest BCUT2D eigenvalue weighted by Gasteiger charge is -2.10. The van der Waals surface area contributed by atoms with E-state index in [2.05, 4.69) is 17.2 Å². The van der Waals surface area contributed by atoms with Crippen LogP contribution in [0.1, 0.15) is 28.7 Å². The first kappa shape index (κ1) is 19.4. The molecule has 0 aromatic heterocycles. The molecule has 26 heavy (non-hydrogen) atoms. The van der Waals surface area contributed by atoms with Crippen molar-refractivity contribution in [2.75, 3.05) is 6.54 Å². The SMILES string of the molecule is Cc1c(C#CCCNC(=O)OCc2ccccc2)cccc1C(F)(F)F. The van der Waals surface area contributed by atoms with E-state index in [9.17, 15) is 18.0 Å². The molecule has 1 N–H and O–H groups in total. The van der Waals surface area contributed by atoms with Crippen LogP contribution in [0, 0.1) is 18.8 Å². The summed E-state index contributed by atoms with van der Waals surface area (Å²) >= 11 is 0. The second-order valence-corrected chi connectivity index (χ2v) is 5.52. The molecule has 0 unspecified atom stereocenters. The maximum atomic E-state index is 12.8. The number of rotatable bonds is 4. The fraction of sp³-hybridized carbons (Fsp3) is 0.250. The monoisotopic (exact) mass is 361 g/mol. The van der Waals surface area contributed by atoms with Gasteiger partial charge in [-0.2, -0.15) is 13.2 Å². The number of amides is 1. The lowest BCUT2D eigenvalue weighted by Crippen LogP contribution is -2.24. The second kappa shape index (κ2) is 8.95. The summed E-state index contributed by atoms with van der Waals surface area (Å²) in [6, 6.07) is 13.2. The molecule has 0 aliphatic rings. The van der Waals surface area contributed by atoms with Crippen LogP contribution in [-0.2, 0) is 17.5 Å². The van der Waals surface area contributed by atoms with Gasteiger partial charge in [0.15, 0.2) is 0 Å². The number of alkyl halides is 3. The predicted octanol–water partition coefficient (Wildman–Crippen LogP) is 4.68. The highest BCUT2D eigenvalue weighted by molar-refractivity contribution is 5.67. The topological polar surface area (TPSA) is 38.3 Å². The molecule has 0 atom stereocenters. The maximum Gasteiger partial charge on any atom is 0.416 e. The van der Waals surface area contributed by atoms with Crippen LogP contribution in [0.2, 0.25) is 0 Å². The van der Waals surface area contributed by atoms with E-state index in [4.69, 9.17) is 4.74 Å². The molecule has 0 saturated heterocycles. The van der Waals surface area contributed by atoms with Crippen molar-refractivity contribution in [1.29, 1.82) is 0 Å². The average Bonchev–Trinajstić information content (AvgIpc) is 2.61. The number of hydrogen-bond acceptors (Lipinski definition) is 2. The number of ether oxygens (including phenoxy) is 1. The molecule has 2 aromatic rings. The van der Waals surface area contributed by atoms with E-state index in [0.717, 1.165) is 11.6 Å². The van der Waals surface area contributed by atoms with E-state index in [1.54, 1.807) is 6.07 Å². The Kier molecular flexibility index (Phi) is 6.67. The summed E-state index contributed by atoms with van der Waals surface area (Å²) in [5.41, 5.74) is 0.614. The first-order valence-electron chi connectivity index (χ1n) is 7.98. The highest BCUT2D eigenvalue weighted by atomic mass is 19.4. The van der Waals surface area contributed by atoms with Crippen molar-refractivity contribution < 1.29 is 22.7 Å². The molecule has 2 aromatic carbocycles. The zero-order valence-corrected chi connectivity index (χ0v) is 14.2. The number of hydrogen-bond donors (Lipinski definition) is 1. The summed E-state index contributed by atoms with van der Waals surface area (Å²) < 4.78 is 43.6. The number of carbonyl (C=O) groups excluding carboxylic acids is 1. The first-order valence-corrected chi connectivity index (χ1v) is 7.98. The Labute approximate surface area is 150 Å². The molecule has 0 aliphatic heterocycles. The van der Waals surface area contributed by atoms with Gasteiger partial charge in [-0.15, -0.1) is 0 Å². The average molecular weight is 361 g/mol.